The second-order valence-electron chi connectivity index (χ2n) is 25.7. The number of thiol groups is 1. The zero-order chi connectivity index (χ0) is 82.1. The monoisotopic (exact) mass is 1550 g/mol. The summed E-state index contributed by atoms with van der Waals surface area (Å²) >= 11 is 4.10. The van der Waals surface area contributed by atoms with Gasteiger partial charge in [0.15, 0.2) is 0 Å². The Labute approximate surface area is 623 Å². The zero-order valence-corrected chi connectivity index (χ0v) is 61.1. The number of nitrogens with zero attached hydrogens (tertiary/aromatic N) is 1. The van der Waals surface area contributed by atoms with E-state index in [0.717, 1.165) is 11.8 Å². The Hall–Kier alpha value is -10.9. The largest absolute Gasteiger partial charge is 0.508 e. The number of likely N-dealkylation sites (tertiary alicyclic amines) is 1. The molecule has 0 aliphatic carbocycles. The first-order chi connectivity index (χ1) is 50.5. The highest BCUT2D eigenvalue weighted by Gasteiger charge is 2.42. The Balaban J connectivity index is 2.34. The molecule has 2 rings (SSSR count). The quantitative estimate of drug-likeness (QED) is 0.0270. The molecule has 26 N–H and O–H groups in total. The number of phenolic OH excluding ortho intramolecular Hbond substituents is 1. The molecule has 44 heteroatoms. The van der Waals surface area contributed by atoms with Gasteiger partial charge in [0.25, 0.3) is 0 Å². The van der Waals surface area contributed by atoms with Gasteiger partial charge in [-0.15, -0.1) is 0 Å². The van der Waals surface area contributed by atoms with Crippen LogP contribution in [-0.2, 0) is 97.5 Å². The minimum Gasteiger partial charge on any atom is -0.508 e. The van der Waals surface area contributed by atoms with E-state index in [1.165, 1.54) is 52.0 Å². The number of amides is 16. The lowest BCUT2D eigenvalue weighted by molar-refractivity contribution is -0.142. The number of carboxylic acid groups (broad SMARTS) is 3. The first-order valence-corrected chi connectivity index (χ1v) is 34.6. The van der Waals surface area contributed by atoms with Crippen LogP contribution >= 0.6 is 12.6 Å². The van der Waals surface area contributed by atoms with Gasteiger partial charge in [0, 0.05) is 31.6 Å². The molecule has 1 aromatic carbocycles. The van der Waals surface area contributed by atoms with Crippen molar-refractivity contribution in [2.75, 3.05) is 32.1 Å². The number of aliphatic hydroxyl groups is 3. The lowest BCUT2D eigenvalue weighted by atomic mass is 9.97. The van der Waals surface area contributed by atoms with E-state index in [9.17, 15) is 122 Å². The van der Waals surface area contributed by atoms with Gasteiger partial charge in [-0.3, -0.25) is 91.1 Å². The molecule has 0 saturated carbocycles. The molecule has 0 unspecified atom stereocenters. The molecular weight excluding hydrogens is 1450 g/mol. The van der Waals surface area contributed by atoms with Gasteiger partial charge in [-0.05, 0) is 76.0 Å². The average Bonchev–Trinajstić information content (AvgIpc) is 1.60. The molecule has 0 radical (unpaired) electrons. The van der Waals surface area contributed by atoms with E-state index < -0.39 is 285 Å². The summed E-state index contributed by atoms with van der Waals surface area (Å²) in [7, 11) is 0. The third-order valence-electron chi connectivity index (χ3n) is 16.7. The molecule has 1 aliphatic rings. The molecule has 0 aromatic heterocycles. The van der Waals surface area contributed by atoms with E-state index in [0.29, 0.717) is 0 Å². The molecule has 16 amide bonds. The highest BCUT2D eigenvalue weighted by molar-refractivity contribution is 7.80. The first-order valence-electron chi connectivity index (χ1n) is 34.0. The van der Waals surface area contributed by atoms with Crippen molar-refractivity contribution < 1.29 is 127 Å². The maximum atomic E-state index is 14.2. The number of carbonyl (C=O) groups excluding carboxylic acids is 16. The van der Waals surface area contributed by atoms with Crippen LogP contribution < -0.4 is 86.3 Å². The fourth-order valence-electron chi connectivity index (χ4n) is 10.2. The van der Waals surface area contributed by atoms with Crippen LogP contribution in [0.25, 0.3) is 0 Å². The highest BCUT2D eigenvalue weighted by atomic mass is 32.1. The van der Waals surface area contributed by atoms with Crippen molar-refractivity contribution in [3.63, 3.8) is 0 Å². The van der Waals surface area contributed by atoms with Gasteiger partial charge < -0.3 is 127 Å². The van der Waals surface area contributed by atoms with Crippen LogP contribution in [-0.4, -0.2) is 276 Å². The number of carboxylic acids is 3. The number of carbonyl (C=O) groups is 19. The van der Waals surface area contributed by atoms with Crippen molar-refractivity contribution >= 4 is 125 Å². The number of nitrogens with one attached hydrogen (secondary N) is 13. The van der Waals surface area contributed by atoms with E-state index in [1.54, 1.807) is 13.8 Å². The summed E-state index contributed by atoms with van der Waals surface area (Å²) in [6.45, 7) is 6.53. The molecule has 1 aromatic rings. The van der Waals surface area contributed by atoms with Crippen LogP contribution in [0.15, 0.2) is 24.3 Å². The Morgan fingerprint density at radius 2 is 0.981 bits per heavy atom. The van der Waals surface area contributed by atoms with Gasteiger partial charge in [-0.1, -0.05) is 46.2 Å². The minimum absolute atomic E-state index is 0.0177. The molecule has 1 heterocycles. The van der Waals surface area contributed by atoms with Crippen molar-refractivity contribution in [3.8, 4) is 5.75 Å². The van der Waals surface area contributed by atoms with E-state index in [-0.39, 0.29) is 37.1 Å². The Morgan fingerprint density at radius 3 is 1.52 bits per heavy atom. The predicted molar refractivity (Wildman–Crippen MR) is 375 cm³/mol. The Morgan fingerprint density at radius 1 is 0.519 bits per heavy atom. The summed E-state index contributed by atoms with van der Waals surface area (Å²) in [5.74, 6) is -24.8. The third-order valence-corrected chi connectivity index (χ3v) is 17.1. The molecule has 0 spiro atoms. The Kier molecular flexibility index (Phi) is 39.4. The van der Waals surface area contributed by atoms with Crippen LogP contribution in [0.5, 0.6) is 5.75 Å². The van der Waals surface area contributed by atoms with Crippen LogP contribution in [0.3, 0.4) is 0 Å². The normalized spacial score (nSPS) is 16.6. The lowest BCUT2D eigenvalue weighted by Crippen LogP contribution is -2.62. The maximum Gasteiger partial charge on any atom is 0.325 e. The number of hydrogen-bond acceptors (Lipinski definition) is 25. The lowest BCUT2D eigenvalue weighted by Gasteiger charge is -2.31. The summed E-state index contributed by atoms with van der Waals surface area (Å²) in [6, 6.07) is -18.3. The number of phenols is 1. The average molecular weight is 1550 g/mol. The van der Waals surface area contributed by atoms with Gasteiger partial charge in [-0.2, -0.15) is 12.6 Å². The summed E-state index contributed by atoms with van der Waals surface area (Å²) in [6.07, 6.45) is -5.92. The number of nitrogens with two attached hydrogens (primary N) is 3. The van der Waals surface area contributed by atoms with Gasteiger partial charge in [-0.25, -0.2) is 0 Å². The molecule has 16 atom stereocenters. The fourth-order valence-corrected chi connectivity index (χ4v) is 10.5. The van der Waals surface area contributed by atoms with Gasteiger partial charge in [0.1, 0.15) is 90.3 Å². The van der Waals surface area contributed by atoms with E-state index in [2.05, 4.69) is 81.7 Å². The molecule has 602 valence electrons. The number of rotatable bonds is 47. The van der Waals surface area contributed by atoms with Gasteiger partial charge in [0.2, 0.25) is 94.5 Å². The van der Waals surface area contributed by atoms with Crippen molar-refractivity contribution in [1.29, 1.82) is 0 Å². The molecule has 1 saturated heterocycles. The number of benzene rings is 1. The van der Waals surface area contributed by atoms with Crippen LogP contribution in [0, 0.1) is 11.8 Å². The molecule has 1 aliphatic heterocycles. The number of aliphatic hydroxyl groups excluding tert-OH is 3. The van der Waals surface area contributed by atoms with Crippen LogP contribution in [0.2, 0.25) is 0 Å². The molecular formula is C64H99N17O26S. The number of aliphatic carboxylic acids is 3. The fraction of sp³-hybridized carbons (Fsp3) is 0.609. The maximum absolute atomic E-state index is 14.2. The third kappa shape index (κ3) is 31.3. The van der Waals surface area contributed by atoms with Crippen molar-refractivity contribution in [3.05, 3.63) is 29.8 Å². The van der Waals surface area contributed by atoms with Gasteiger partial charge >= 0.3 is 17.9 Å². The number of aromatic hydroxyl groups is 1. The standard InChI is InChI=1S/C64H99N17O26S/c1-8-28(4)50(62(104)73-34(15-17-43(65)86)51(93)68-23-45(88)71-39(24-82)56(98)70-30(6)64(106)107)80-59(101)42-10-9-19-81(42)63(105)29(5)69-53(95)37(21-44(66)87)76-61(103)49(27(2)3)79-52(94)35(16-18-46(89)90)72-58(100)41(26-108)78-55(97)38(22-47(91)92)75-54(96)36(20-32-11-13-33(85)14-12-32)74-57(99)40(25-83)77-60(102)48(67)31(7)84/h11-14,27-31,34-42,48-50,82-85,108H,8-10,15-26,67H2,1-7H3,(H2,65,86)(H2,66,87)(H,68,93)(H,69,95)(H,70,98)(H,71,88)(H,72,100)(H,73,104)(H,74,99)(H,75,96)(H,76,103)(H,77,102)(H,78,97)(H,79,94)(H,80,101)(H,89,90)(H,91,92)(H,106,107)/t28-,29-,30-,31+,34-,35-,36-,37-,38-,39-,40-,41-,42-,48-,49-,50-/m0/s1. The highest BCUT2D eigenvalue weighted by Crippen LogP contribution is 2.21. The molecule has 1 fully saturated rings. The van der Waals surface area contributed by atoms with E-state index >= 15 is 0 Å². The topological polar surface area (TPSA) is 704 Å². The molecule has 0 bridgehead atoms. The van der Waals surface area contributed by atoms with Gasteiger partial charge in [0.05, 0.1) is 38.7 Å². The van der Waals surface area contributed by atoms with Crippen LogP contribution in [0.1, 0.15) is 112 Å². The van der Waals surface area contributed by atoms with E-state index in [4.69, 9.17) is 22.3 Å². The van der Waals surface area contributed by atoms with Crippen molar-refractivity contribution in [1.82, 2.24) is 74.0 Å². The minimum atomic E-state index is -2.08. The SMILES string of the molecule is CC[C@H](C)[C@H](NC(=O)[C@@H]1CCCN1C(=O)[C@H](C)NC(=O)[C@H](CC(N)=O)NC(=O)[C@@H](NC(=O)[C@H](CCC(=O)O)NC(=O)[C@H](CS)NC(=O)[C@H](CC(=O)O)NC(=O)[C@H](Cc1ccc(O)cc1)NC(=O)[C@H](CO)NC(=O)[C@@H](N)[C@@H](C)O)C(C)C)C(=O)N[C@@H](CCC(N)=O)C(=O)NCC(=O)N[C@@H](CO)C(=O)N[C@@H](C)C(=O)O. The Bertz CT molecular complexity index is 3420. The van der Waals surface area contributed by atoms with Crippen molar-refractivity contribution in [2.24, 2.45) is 29.0 Å². The zero-order valence-electron chi connectivity index (χ0n) is 60.2. The molecule has 108 heavy (non-hydrogen) atoms. The molecule has 43 nitrogen and oxygen atoms in total. The smallest absolute Gasteiger partial charge is 0.325 e. The summed E-state index contributed by atoms with van der Waals surface area (Å²) < 4.78 is 0. The van der Waals surface area contributed by atoms with E-state index in [1.807, 2.05) is 0 Å². The summed E-state index contributed by atoms with van der Waals surface area (Å²) in [5, 5.41) is 97.1. The predicted octanol–water partition coefficient (Wildman–Crippen LogP) is -10.2. The number of hydrogen-bond donors (Lipinski definition) is 24. The first kappa shape index (κ1) is 93.2. The second-order valence-corrected chi connectivity index (χ2v) is 26.1. The van der Waals surface area contributed by atoms with Crippen LogP contribution in [0.4, 0.5) is 0 Å². The van der Waals surface area contributed by atoms with Crippen molar-refractivity contribution in [2.45, 2.75) is 203 Å². The summed E-state index contributed by atoms with van der Waals surface area (Å²) in [4.78, 5) is 251. The summed E-state index contributed by atoms with van der Waals surface area (Å²) in [5.41, 5.74) is 16.7. The second kappa shape index (κ2) is 45.6. The number of primary amides is 2.